The van der Waals surface area contributed by atoms with E-state index in [9.17, 15) is 0 Å². The van der Waals surface area contributed by atoms with E-state index in [1.165, 1.54) is 25.2 Å². The number of aliphatic imine (C=N–C) groups is 1. The minimum Gasteiger partial charge on any atom is -0.363 e. The van der Waals surface area contributed by atoms with Crippen LogP contribution >= 0.6 is 0 Å². The Bertz CT molecular complexity index is 173. The van der Waals surface area contributed by atoms with Gasteiger partial charge in [-0.05, 0) is 19.3 Å². The summed E-state index contributed by atoms with van der Waals surface area (Å²) in [4.78, 5) is 6.76. The van der Waals surface area contributed by atoms with E-state index in [1.54, 1.807) is 0 Å². The highest BCUT2D eigenvalue weighted by atomic mass is 15.2. The van der Waals surface area contributed by atoms with Crippen molar-refractivity contribution in [2.75, 3.05) is 20.1 Å². The largest absolute Gasteiger partial charge is 0.363 e. The fourth-order valence-electron chi connectivity index (χ4n) is 1.44. The molecule has 0 aliphatic carbocycles. The van der Waals surface area contributed by atoms with Crippen LogP contribution in [-0.4, -0.2) is 30.9 Å². The van der Waals surface area contributed by atoms with Gasteiger partial charge in [0, 0.05) is 26.6 Å². The van der Waals surface area contributed by atoms with Crippen LogP contribution < -0.4 is 0 Å². The standard InChI is InChI=1S/C10H18N2/c1-3-4-5-7-10-11-8-6-9-12(10)2/h3H,1,4-9H2,2H3. The van der Waals surface area contributed by atoms with E-state index in [2.05, 4.69) is 23.5 Å². The van der Waals surface area contributed by atoms with Gasteiger partial charge < -0.3 is 4.90 Å². The molecule has 0 aromatic carbocycles. The van der Waals surface area contributed by atoms with E-state index in [4.69, 9.17) is 0 Å². The molecule has 0 saturated heterocycles. The molecule has 12 heavy (non-hydrogen) atoms. The molecule has 0 spiro atoms. The number of nitrogens with zero attached hydrogens (tertiary/aromatic N) is 2. The highest BCUT2D eigenvalue weighted by molar-refractivity contribution is 5.82. The first-order valence-corrected chi connectivity index (χ1v) is 4.70. The number of amidine groups is 1. The first-order chi connectivity index (χ1) is 5.84. The van der Waals surface area contributed by atoms with Crippen LogP contribution in [0.15, 0.2) is 17.6 Å². The van der Waals surface area contributed by atoms with Crippen molar-refractivity contribution in [3.8, 4) is 0 Å². The molecule has 1 heterocycles. The van der Waals surface area contributed by atoms with Crippen LogP contribution in [0, 0.1) is 0 Å². The van der Waals surface area contributed by atoms with E-state index >= 15 is 0 Å². The zero-order chi connectivity index (χ0) is 8.81. The minimum absolute atomic E-state index is 1.02. The molecule has 0 unspecified atom stereocenters. The fourth-order valence-corrected chi connectivity index (χ4v) is 1.44. The van der Waals surface area contributed by atoms with Crippen LogP contribution in [0.25, 0.3) is 0 Å². The maximum absolute atomic E-state index is 4.49. The average Bonchev–Trinajstić information content (AvgIpc) is 2.09. The van der Waals surface area contributed by atoms with Crippen molar-refractivity contribution in [2.45, 2.75) is 25.7 Å². The van der Waals surface area contributed by atoms with E-state index in [0.717, 1.165) is 19.4 Å². The Kier molecular flexibility index (Phi) is 3.85. The molecule has 2 heteroatoms. The van der Waals surface area contributed by atoms with Crippen LogP contribution in [0.2, 0.25) is 0 Å². The molecule has 0 amide bonds. The first-order valence-electron chi connectivity index (χ1n) is 4.70. The molecule has 0 aromatic heterocycles. The van der Waals surface area contributed by atoms with Crippen LogP contribution in [0.3, 0.4) is 0 Å². The Balaban J connectivity index is 2.28. The number of hydrogen-bond acceptors (Lipinski definition) is 2. The molecule has 0 fully saturated rings. The van der Waals surface area contributed by atoms with Crippen molar-refractivity contribution < 1.29 is 0 Å². The van der Waals surface area contributed by atoms with Gasteiger partial charge >= 0.3 is 0 Å². The maximum atomic E-state index is 4.49. The first kappa shape index (κ1) is 9.30. The smallest absolute Gasteiger partial charge is 0.0986 e. The molecule has 0 bridgehead atoms. The fraction of sp³-hybridized carbons (Fsp3) is 0.700. The van der Waals surface area contributed by atoms with Gasteiger partial charge in [0.1, 0.15) is 0 Å². The Hall–Kier alpha value is -0.790. The lowest BCUT2D eigenvalue weighted by atomic mass is 10.2. The topological polar surface area (TPSA) is 15.6 Å². The molecule has 1 rings (SSSR count). The molecule has 0 aromatic rings. The molecular formula is C10H18N2. The SMILES string of the molecule is C=CCCCC1=NCCCN1C. The predicted octanol–water partition coefficient (Wildman–Crippen LogP) is 2.08. The number of rotatable bonds is 4. The summed E-state index contributed by atoms with van der Waals surface area (Å²) in [5.74, 6) is 1.28. The van der Waals surface area contributed by atoms with Gasteiger partial charge in [0.15, 0.2) is 0 Å². The molecule has 1 aliphatic heterocycles. The van der Waals surface area contributed by atoms with Gasteiger partial charge in [-0.2, -0.15) is 0 Å². The molecule has 0 N–H and O–H groups in total. The summed E-state index contributed by atoms with van der Waals surface area (Å²) >= 11 is 0. The van der Waals surface area contributed by atoms with Crippen LogP contribution in [0.4, 0.5) is 0 Å². The van der Waals surface area contributed by atoms with Crippen molar-refractivity contribution in [3.05, 3.63) is 12.7 Å². The third kappa shape index (κ3) is 2.68. The second kappa shape index (κ2) is 4.96. The van der Waals surface area contributed by atoms with Crippen molar-refractivity contribution in [1.29, 1.82) is 0 Å². The van der Waals surface area contributed by atoms with Crippen molar-refractivity contribution in [3.63, 3.8) is 0 Å². The highest BCUT2D eigenvalue weighted by Gasteiger charge is 2.09. The van der Waals surface area contributed by atoms with Gasteiger partial charge in [-0.1, -0.05) is 6.08 Å². The Morgan fingerprint density at radius 2 is 2.50 bits per heavy atom. The number of allylic oxidation sites excluding steroid dienone is 1. The Labute approximate surface area is 75.0 Å². The average molecular weight is 166 g/mol. The lowest BCUT2D eigenvalue weighted by Crippen LogP contribution is -2.31. The highest BCUT2D eigenvalue weighted by Crippen LogP contribution is 2.06. The van der Waals surface area contributed by atoms with Gasteiger partial charge in [0.25, 0.3) is 0 Å². The van der Waals surface area contributed by atoms with E-state index < -0.39 is 0 Å². The molecule has 0 radical (unpaired) electrons. The Morgan fingerprint density at radius 1 is 1.67 bits per heavy atom. The third-order valence-corrected chi connectivity index (χ3v) is 2.20. The molecule has 1 aliphatic rings. The summed E-state index contributed by atoms with van der Waals surface area (Å²) in [6.07, 6.45) is 6.59. The quantitative estimate of drug-likeness (QED) is 0.461. The normalized spacial score (nSPS) is 17.4. The minimum atomic E-state index is 1.02. The molecule has 0 saturated carbocycles. The van der Waals surface area contributed by atoms with E-state index in [0.29, 0.717) is 0 Å². The maximum Gasteiger partial charge on any atom is 0.0986 e. The van der Waals surface area contributed by atoms with E-state index in [-0.39, 0.29) is 0 Å². The van der Waals surface area contributed by atoms with Gasteiger partial charge in [-0.3, -0.25) is 4.99 Å². The summed E-state index contributed by atoms with van der Waals surface area (Å²) in [5.41, 5.74) is 0. The van der Waals surface area contributed by atoms with Crippen LogP contribution in [-0.2, 0) is 0 Å². The molecular weight excluding hydrogens is 148 g/mol. The van der Waals surface area contributed by atoms with Crippen LogP contribution in [0.1, 0.15) is 25.7 Å². The van der Waals surface area contributed by atoms with Gasteiger partial charge in [0.05, 0.1) is 5.84 Å². The van der Waals surface area contributed by atoms with Crippen molar-refractivity contribution >= 4 is 5.84 Å². The second-order valence-corrected chi connectivity index (χ2v) is 3.25. The van der Waals surface area contributed by atoms with Crippen molar-refractivity contribution in [1.82, 2.24) is 4.90 Å². The lowest BCUT2D eigenvalue weighted by Gasteiger charge is -2.24. The lowest BCUT2D eigenvalue weighted by molar-refractivity contribution is 0.454. The van der Waals surface area contributed by atoms with Gasteiger partial charge in [-0.15, -0.1) is 6.58 Å². The summed E-state index contributed by atoms with van der Waals surface area (Å²) < 4.78 is 0. The Morgan fingerprint density at radius 3 is 3.17 bits per heavy atom. The van der Waals surface area contributed by atoms with Gasteiger partial charge in [0.2, 0.25) is 0 Å². The summed E-state index contributed by atoms with van der Waals surface area (Å²) in [5, 5.41) is 0. The van der Waals surface area contributed by atoms with E-state index in [1.807, 2.05) is 6.08 Å². The summed E-state index contributed by atoms with van der Waals surface area (Å²) in [7, 11) is 2.13. The third-order valence-electron chi connectivity index (χ3n) is 2.20. The van der Waals surface area contributed by atoms with Crippen molar-refractivity contribution in [2.24, 2.45) is 4.99 Å². The zero-order valence-corrected chi connectivity index (χ0v) is 7.92. The number of unbranched alkanes of at least 4 members (excludes halogenated alkanes) is 1. The monoisotopic (exact) mass is 166 g/mol. The second-order valence-electron chi connectivity index (χ2n) is 3.25. The molecule has 2 nitrogen and oxygen atoms in total. The van der Waals surface area contributed by atoms with Crippen LogP contribution in [0.5, 0.6) is 0 Å². The summed E-state index contributed by atoms with van der Waals surface area (Å²) in [6, 6.07) is 0. The predicted molar refractivity (Wildman–Crippen MR) is 53.6 cm³/mol. The zero-order valence-electron chi connectivity index (χ0n) is 7.92. The van der Waals surface area contributed by atoms with Gasteiger partial charge in [-0.25, -0.2) is 0 Å². The molecule has 0 atom stereocenters. The summed E-state index contributed by atoms with van der Waals surface area (Å²) in [6.45, 7) is 5.90. The number of hydrogen-bond donors (Lipinski definition) is 0. The molecule has 68 valence electrons.